The first-order valence-corrected chi connectivity index (χ1v) is 11.4. The molecule has 10 heteroatoms. The molecule has 0 aliphatic heterocycles. The lowest BCUT2D eigenvalue weighted by atomic mass is 10.2. The Bertz CT molecular complexity index is 362. The molecule has 0 aromatic heterocycles. The molecule has 174 valence electrons. The monoisotopic (exact) mass is 438 g/mol. The van der Waals surface area contributed by atoms with Crippen LogP contribution in [-0.4, -0.2) is 46.7 Å². The number of rotatable bonds is 10. The van der Waals surface area contributed by atoms with E-state index in [9.17, 15) is 17.7 Å². The molecular formula is C18H42F3N2O4P. The molecule has 4 N–H and O–H groups in total. The molecule has 0 aliphatic carbocycles. The third-order valence-electron chi connectivity index (χ3n) is 3.98. The third-order valence-corrected chi connectivity index (χ3v) is 4.45. The molecule has 0 saturated heterocycles. The molecule has 0 heterocycles. The summed E-state index contributed by atoms with van der Waals surface area (Å²) in [5, 5.41) is 6.96. The fourth-order valence-corrected chi connectivity index (χ4v) is 1.91. The van der Waals surface area contributed by atoms with E-state index in [1.165, 1.54) is 25.7 Å². The van der Waals surface area contributed by atoms with Crippen molar-refractivity contribution in [3.8, 4) is 0 Å². The second-order valence-corrected chi connectivity index (χ2v) is 8.19. The zero-order valence-corrected chi connectivity index (χ0v) is 19.5. The number of nitrogens with one attached hydrogen (secondary N) is 2. The van der Waals surface area contributed by atoms with E-state index in [0.717, 1.165) is 0 Å². The van der Waals surface area contributed by atoms with Gasteiger partial charge in [0.1, 0.15) is 0 Å². The minimum Gasteiger partial charge on any atom is -0.312 e. The van der Waals surface area contributed by atoms with Crippen molar-refractivity contribution in [2.45, 2.75) is 111 Å². The number of halogens is 3. The van der Waals surface area contributed by atoms with Crippen LogP contribution in [0.25, 0.3) is 0 Å². The van der Waals surface area contributed by atoms with Gasteiger partial charge in [-0.25, -0.2) is 4.57 Å². The largest absolute Gasteiger partial charge is 0.469 e. The Morgan fingerprint density at radius 2 is 1.04 bits per heavy atom. The topological polar surface area (TPSA) is 90.8 Å². The van der Waals surface area contributed by atoms with Crippen molar-refractivity contribution in [2.75, 3.05) is 6.61 Å². The van der Waals surface area contributed by atoms with Crippen LogP contribution in [0.2, 0.25) is 0 Å². The van der Waals surface area contributed by atoms with Gasteiger partial charge >= 0.3 is 14.0 Å². The van der Waals surface area contributed by atoms with Crippen molar-refractivity contribution >= 4 is 7.82 Å². The second kappa shape index (κ2) is 17.7. The van der Waals surface area contributed by atoms with Crippen molar-refractivity contribution in [3.63, 3.8) is 0 Å². The molecule has 0 saturated carbocycles. The van der Waals surface area contributed by atoms with Gasteiger partial charge < -0.3 is 20.4 Å². The average Bonchev–Trinajstić information content (AvgIpc) is 2.59. The fraction of sp³-hybridized carbons (Fsp3) is 1.00. The van der Waals surface area contributed by atoms with E-state index in [2.05, 4.69) is 70.5 Å². The fourth-order valence-electron chi connectivity index (χ4n) is 1.60. The standard InChI is InChI=1S/2C8H19N.C2H4F3O4P/c2*1-5-7(3)9-8(4)6-2;3-2(4,5)1-9-10(6,7)8/h2*7-9H,5-6H2,1-4H3;1H2,(H2,6,7,8). The number of hydrogen-bond acceptors (Lipinski definition) is 4. The highest BCUT2D eigenvalue weighted by atomic mass is 31.2. The quantitative estimate of drug-likeness (QED) is 0.359. The highest BCUT2D eigenvalue weighted by Crippen LogP contribution is 2.37. The zero-order chi connectivity index (χ0) is 23.0. The van der Waals surface area contributed by atoms with Crippen LogP contribution in [0.5, 0.6) is 0 Å². The SMILES string of the molecule is CCC(C)NC(C)CC.CCC(C)NC(C)CC.O=P(O)(O)OCC(F)(F)F. The molecule has 0 amide bonds. The van der Waals surface area contributed by atoms with Gasteiger partial charge in [-0.2, -0.15) is 13.2 Å². The van der Waals surface area contributed by atoms with Gasteiger partial charge in [0.2, 0.25) is 0 Å². The molecule has 0 aliphatic rings. The van der Waals surface area contributed by atoms with Gasteiger partial charge in [-0.3, -0.25) is 4.52 Å². The van der Waals surface area contributed by atoms with Gasteiger partial charge in [0.15, 0.2) is 6.61 Å². The van der Waals surface area contributed by atoms with Crippen LogP contribution in [-0.2, 0) is 9.09 Å². The predicted octanol–water partition coefficient (Wildman–Crippen LogP) is 5.00. The van der Waals surface area contributed by atoms with Crippen LogP contribution in [0, 0.1) is 0 Å². The molecular weight excluding hydrogens is 396 g/mol. The van der Waals surface area contributed by atoms with Crippen molar-refractivity contribution in [1.29, 1.82) is 0 Å². The summed E-state index contributed by atoms with van der Waals surface area (Å²) < 4.78 is 46.1. The van der Waals surface area contributed by atoms with Crippen LogP contribution in [0.15, 0.2) is 0 Å². The molecule has 0 aromatic carbocycles. The maximum atomic E-state index is 11.1. The van der Waals surface area contributed by atoms with Crippen molar-refractivity contribution in [1.82, 2.24) is 10.6 Å². The third kappa shape index (κ3) is 30.5. The van der Waals surface area contributed by atoms with E-state index in [0.29, 0.717) is 24.2 Å². The first-order chi connectivity index (χ1) is 12.6. The normalized spacial score (nSPS) is 16.0. The molecule has 0 spiro atoms. The van der Waals surface area contributed by atoms with Gasteiger partial charge in [0.05, 0.1) is 0 Å². The summed E-state index contributed by atoms with van der Waals surface area (Å²) in [7, 11) is -4.98. The highest BCUT2D eigenvalue weighted by Gasteiger charge is 2.31. The van der Waals surface area contributed by atoms with E-state index in [-0.39, 0.29) is 0 Å². The first kappa shape index (κ1) is 32.5. The van der Waals surface area contributed by atoms with Crippen LogP contribution in [0.1, 0.15) is 81.1 Å². The van der Waals surface area contributed by atoms with Crippen molar-refractivity contribution in [3.05, 3.63) is 0 Å². The van der Waals surface area contributed by atoms with Gasteiger partial charge in [-0.1, -0.05) is 27.7 Å². The van der Waals surface area contributed by atoms with E-state index in [1.54, 1.807) is 0 Å². The highest BCUT2D eigenvalue weighted by molar-refractivity contribution is 7.46. The molecule has 0 aromatic rings. The van der Waals surface area contributed by atoms with Crippen molar-refractivity contribution in [2.24, 2.45) is 0 Å². The summed E-state index contributed by atoms with van der Waals surface area (Å²) in [5.41, 5.74) is 0. The second-order valence-electron chi connectivity index (χ2n) is 6.95. The Balaban J connectivity index is -0.000000336. The van der Waals surface area contributed by atoms with Crippen LogP contribution in [0.3, 0.4) is 0 Å². The molecule has 0 fully saturated rings. The maximum Gasteiger partial charge on any atom is 0.469 e. The summed E-state index contributed by atoms with van der Waals surface area (Å²) >= 11 is 0. The number of phosphoric acid groups is 1. The van der Waals surface area contributed by atoms with Crippen molar-refractivity contribution < 1.29 is 32.0 Å². The molecule has 0 rings (SSSR count). The van der Waals surface area contributed by atoms with Crippen LogP contribution >= 0.6 is 7.82 Å². The summed E-state index contributed by atoms with van der Waals surface area (Å²) in [6, 6.07) is 2.72. The molecule has 6 nitrogen and oxygen atoms in total. The van der Waals surface area contributed by atoms with Gasteiger partial charge in [0, 0.05) is 24.2 Å². The van der Waals surface area contributed by atoms with E-state index in [1.807, 2.05) is 0 Å². The Labute approximate surface area is 169 Å². The average molecular weight is 439 g/mol. The summed E-state index contributed by atoms with van der Waals surface area (Å²) in [6.45, 7) is 15.8. The molecule has 4 unspecified atom stereocenters. The summed E-state index contributed by atoms with van der Waals surface area (Å²) in [5.74, 6) is 0. The zero-order valence-electron chi connectivity index (χ0n) is 18.6. The van der Waals surface area contributed by atoms with E-state index < -0.39 is 20.6 Å². The van der Waals surface area contributed by atoms with Gasteiger partial charge in [-0.15, -0.1) is 0 Å². The summed E-state index contributed by atoms with van der Waals surface area (Å²) in [4.78, 5) is 15.5. The smallest absolute Gasteiger partial charge is 0.312 e. The summed E-state index contributed by atoms with van der Waals surface area (Å²) in [6.07, 6.45) is 0.199. The molecule has 0 bridgehead atoms. The maximum absolute atomic E-state index is 11.1. The Morgan fingerprint density at radius 1 is 0.786 bits per heavy atom. The molecule has 0 radical (unpaired) electrons. The Kier molecular flexibility index (Phi) is 20.5. The molecule has 4 atom stereocenters. The van der Waals surface area contributed by atoms with Crippen LogP contribution < -0.4 is 10.6 Å². The first-order valence-electron chi connectivity index (χ1n) is 9.90. The van der Waals surface area contributed by atoms with Gasteiger partial charge in [0.25, 0.3) is 0 Å². The lowest BCUT2D eigenvalue weighted by Gasteiger charge is -2.16. The number of phosphoric ester groups is 1. The number of hydrogen-bond donors (Lipinski definition) is 4. The minimum atomic E-state index is -4.98. The predicted molar refractivity (Wildman–Crippen MR) is 109 cm³/mol. The Hall–Kier alpha value is -0.180. The minimum absolute atomic E-state index is 0.681. The lowest BCUT2D eigenvalue weighted by molar-refractivity contribution is -0.156. The molecule has 28 heavy (non-hydrogen) atoms. The van der Waals surface area contributed by atoms with Crippen LogP contribution in [0.4, 0.5) is 13.2 Å². The Morgan fingerprint density at radius 3 is 1.14 bits per heavy atom. The van der Waals surface area contributed by atoms with E-state index in [4.69, 9.17) is 9.79 Å². The van der Waals surface area contributed by atoms with E-state index >= 15 is 0 Å². The number of alkyl halides is 3. The lowest BCUT2D eigenvalue weighted by Crippen LogP contribution is -2.33. The van der Waals surface area contributed by atoms with Gasteiger partial charge in [-0.05, 0) is 53.4 Å².